The average Bonchev–Trinajstić information content (AvgIpc) is 3.38. The first-order valence-corrected chi connectivity index (χ1v) is 9.16. The standard InChI is InChI=1S/C20H22ClN3O2/c1-14-12-18(14)20(26)23-11-9-19(25)24(13-16-4-2-3-10-22-16)17-7-5-15(21)6-8-17/h2-8,10,14,18H,9,11-13H2,1H3,(H,23,26)/t14-,18-/m1/s1. The third-order valence-corrected chi connectivity index (χ3v) is 4.82. The Bertz CT molecular complexity index is 764. The second kappa shape index (κ2) is 8.32. The molecule has 136 valence electrons. The molecule has 0 radical (unpaired) electrons. The van der Waals surface area contributed by atoms with E-state index in [-0.39, 0.29) is 24.2 Å². The third kappa shape index (κ3) is 4.82. The molecular formula is C20H22ClN3O2. The first kappa shape index (κ1) is 18.4. The first-order chi connectivity index (χ1) is 12.5. The van der Waals surface area contributed by atoms with E-state index in [1.165, 1.54) is 0 Å². The topological polar surface area (TPSA) is 62.3 Å². The molecule has 1 aromatic heterocycles. The molecule has 1 aliphatic carbocycles. The maximum absolute atomic E-state index is 12.8. The second-order valence-corrected chi connectivity index (χ2v) is 7.07. The summed E-state index contributed by atoms with van der Waals surface area (Å²) >= 11 is 5.96. The molecule has 26 heavy (non-hydrogen) atoms. The number of benzene rings is 1. The smallest absolute Gasteiger partial charge is 0.229 e. The largest absolute Gasteiger partial charge is 0.355 e. The molecule has 2 amide bonds. The highest BCUT2D eigenvalue weighted by Gasteiger charge is 2.38. The molecule has 3 rings (SSSR count). The zero-order valence-electron chi connectivity index (χ0n) is 14.7. The molecule has 1 heterocycles. The number of halogens is 1. The van der Waals surface area contributed by atoms with E-state index in [4.69, 9.17) is 11.6 Å². The zero-order chi connectivity index (χ0) is 18.5. The van der Waals surface area contributed by atoms with Gasteiger partial charge in [0.2, 0.25) is 11.8 Å². The van der Waals surface area contributed by atoms with Crippen molar-refractivity contribution >= 4 is 29.1 Å². The Kier molecular flexibility index (Phi) is 5.89. The van der Waals surface area contributed by atoms with Crippen LogP contribution in [0.1, 0.15) is 25.5 Å². The van der Waals surface area contributed by atoms with Crippen LogP contribution in [0.3, 0.4) is 0 Å². The summed E-state index contributed by atoms with van der Waals surface area (Å²) in [6, 6.07) is 12.8. The van der Waals surface area contributed by atoms with Gasteiger partial charge in [0.25, 0.3) is 0 Å². The number of nitrogens with one attached hydrogen (secondary N) is 1. The maximum atomic E-state index is 12.8. The van der Waals surface area contributed by atoms with Crippen LogP contribution in [-0.2, 0) is 16.1 Å². The van der Waals surface area contributed by atoms with E-state index in [0.29, 0.717) is 24.0 Å². The van der Waals surface area contributed by atoms with Gasteiger partial charge in [-0.05, 0) is 48.7 Å². The van der Waals surface area contributed by atoms with Gasteiger partial charge in [0.1, 0.15) is 0 Å². The summed E-state index contributed by atoms with van der Waals surface area (Å²) in [6.45, 7) is 2.77. The average molecular weight is 372 g/mol. The van der Waals surface area contributed by atoms with Crippen molar-refractivity contribution in [1.29, 1.82) is 0 Å². The Hall–Kier alpha value is -2.40. The van der Waals surface area contributed by atoms with Crippen molar-refractivity contribution in [3.8, 4) is 0 Å². The molecule has 1 aliphatic rings. The van der Waals surface area contributed by atoms with Crippen LogP contribution in [0, 0.1) is 11.8 Å². The van der Waals surface area contributed by atoms with Crippen LogP contribution in [0.15, 0.2) is 48.7 Å². The van der Waals surface area contributed by atoms with Crippen molar-refractivity contribution in [1.82, 2.24) is 10.3 Å². The van der Waals surface area contributed by atoms with Crippen molar-refractivity contribution in [2.24, 2.45) is 11.8 Å². The van der Waals surface area contributed by atoms with Gasteiger partial charge in [-0.3, -0.25) is 14.6 Å². The highest BCUT2D eigenvalue weighted by molar-refractivity contribution is 6.30. The summed E-state index contributed by atoms with van der Waals surface area (Å²) in [4.78, 5) is 30.7. The Labute approximate surface area is 158 Å². The predicted molar refractivity (Wildman–Crippen MR) is 102 cm³/mol. The molecule has 0 unspecified atom stereocenters. The van der Waals surface area contributed by atoms with Gasteiger partial charge in [-0.2, -0.15) is 0 Å². The van der Waals surface area contributed by atoms with Crippen LogP contribution in [-0.4, -0.2) is 23.3 Å². The summed E-state index contributed by atoms with van der Waals surface area (Å²) in [7, 11) is 0. The van der Waals surface area contributed by atoms with Gasteiger partial charge < -0.3 is 10.2 Å². The maximum Gasteiger partial charge on any atom is 0.229 e. The van der Waals surface area contributed by atoms with E-state index in [9.17, 15) is 9.59 Å². The van der Waals surface area contributed by atoms with Crippen LogP contribution >= 0.6 is 11.6 Å². The minimum Gasteiger partial charge on any atom is -0.355 e. The lowest BCUT2D eigenvalue weighted by atomic mass is 10.2. The van der Waals surface area contributed by atoms with Crippen LogP contribution < -0.4 is 10.2 Å². The number of amides is 2. The number of aromatic nitrogens is 1. The van der Waals surface area contributed by atoms with Gasteiger partial charge in [0, 0.05) is 35.8 Å². The minimum atomic E-state index is -0.0675. The lowest BCUT2D eigenvalue weighted by Gasteiger charge is -2.23. The molecule has 1 N–H and O–H groups in total. The van der Waals surface area contributed by atoms with Crippen molar-refractivity contribution in [2.45, 2.75) is 26.3 Å². The van der Waals surface area contributed by atoms with E-state index in [0.717, 1.165) is 17.8 Å². The number of pyridine rings is 1. The lowest BCUT2D eigenvalue weighted by Crippen LogP contribution is -2.35. The molecule has 1 fully saturated rings. The summed E-state index contributed by atoms with van der Waals surface area (Å²) < 4.78 is 0. The quantitative estimate of drug-likeness (QED) is 0.811. The molecule has 0 saturated heterocycles. The SMILES string of the molecule is C[C@@H]1C[C@H]1C(=O)NCCC(=O)N(Cc1ccccn1)c1ccc(Cl)cc1. The van der Waals surface area contributed by atoms with Gasteiger partial charge >= 0.3 is 0 Å². The van der Waals surface area contributed by atoms with E-state index >= 15 is 0 Å². The Balaban J connectivity index is 1.64. The molecule has 5 nitrogen and oxygen atoms in total. The van der Waals surface area contributed by atoms with Crippen LogP contribution in [0.4, 0.5) is 5.69 Å². The van der Waals surface area contributed by atoms with Crippen molar-refractivity contribution in [3.05, 3.63) is 59.4 Å². The fourth-order valence-electron chi connectivity index (χ4n) is 2.84. The number of nitrogens with zero attached hydrogens (tertiary/aromatic N) is 2. The fraction of sp³-hybridized carbons (Fsp3) is 0.350. The monoisotopic (exact) mass is 371 g/mol. The minimum absolute atomic E-state index is 0.0491. The fourth-order valence-corrected chi connectivity index (χ4v) is 2.97. The van der Waals surface area contributed by atoms with Gasteiger partial charge in [0.05, 0.1) is 12.2 Å². The van der Waals surface area contributed by atoms with Crippen LogP contribution in [0.2, 0.25) is 5.02 Å². The summed E-state index contributed by atoms with van der Waals surface area (Å²) in [5.74, 6) is 0.557. The first-order valence-electron chi connectivity index (χ1n) is 8.78. The summed E-state index contributed by atoms with van der Waals surface area (Å²) in [6.07, 6.45) is 2.88. The Morgan fingerprint density at radius 1 is 1.23 bits per heavy atom. The van der Waals surface area contributed by atoms with E-state index in [1.807, 2.05) is 30.3 Å². The van der Waals surface area contributed by atoms with Crippen molar-refractivity contribution in [2.75, 3.05) is 11.4 Å². The lowest BCUT2D eigenvalue weighted by molar-refractivity contribution is -0.122. The molecule has 2 aromatic rings. The second-order valence-electron chi connectivity index (χ2n) is 6.64. The number of anilines is 1. The summed E-state index contributed by atoms with van der Waals surface area (Å²) in [5, 5.41) is 3.48. The Morgan fingerprint density at radius 2 is 1.96 bits per heavy atom. The molecule has 0 aliphatic heterocycles. The van der Waals surface area contributed by atoms with E-state index < -0.39 is 0 Å². The van der Waals surface area contributed by atoms with Gasteiger partial charge in [0.15, 0.2) is 0 Å². The molecule has 0 spiro atoms. The number of rotatable bonds is 7. The molecule has 1 aromatic carbocycles. The number of hydrogen-bond donors (Lipinski definition) is 1. The van der Waals surface area contributed by atoms with Crippen molar-refractivity contribution in [3.63, 3.8) is 0 Å². The zero-order valence-corrected chi connectivity index (χ0v) is 15.4. The normalized spacial score (nSPS) is 18.2. The van der Waals surface area contributed by atoms with Crippen molar-refractivity contribution < 1.29 is 9.59 Å². The molecule has 6 heteroatoms. The van der Waals surface area contributed by atoms with Crippen LogP contribution in [0.25, 0.3) is 0 Å². The van der Waals surface area contributed by atoms with Crippen LogP contribution in [0.5, 0.6) is 0 Å². The highest BCUT2D eigenvalue weighted by atomic mass is 35.5. The molecule has 0 bridgehead atoms. The molecule has 2 atom stereocenters. The predicted octanol–water partition coefficient (Wildman–Crippen LogP) is 3.43. The Morgan fingerprint density at radius 3 is 2.58 bits per heavy atom. The van der Waals surface area contributed by atoms with Gasteiger partial charge in [-0.1, -0.05) is 24.6 Å². The van der Waals surface area contributed by atoms with E-state index in [1.54, 1.807) is 23.2 Å². The molecular weight excluding hydrogens is 350 g/mol. The number of hydrogen-bond acceptors (Lipinski definition) is 3. The number of carbonyl (C=O) groups is 2. The highest BCUT2D eigenvalue weighted by Crippen LogP contribution is 2.37. The third-order valence-electron chi connectivity index (χ3n) is 4.57. The number of carbonyl (C=O) groups excluding carboxylic acids is 2. The summed E-state index contributed by atoms with van der Waals surface area (Å²) in [5.41, 5.74) is 1.55. The van der Waals surface area contributed by atoms with E-state index in [2.05, 4.69) is 17.2 Å². The van der Waals surface area contributed by atoms with Gasteiger partial charge in [-0.15, -0.1) is 0 Å². The molecule has 1 saturated carbocycles. The van der Waals surface area contributed by atoms with Gasteiger partial charge in [-0.25, -0.2) is 0 Å².